The molecule has 1 aromatic heterocycles. The number of amides is 1. The summed E-state index contributed by atoms with van der Waals surface area (Å²) in [4.78, 5) is 12.4. The van der Waals surface area contributed by atoms with Crippen LogP contribution >= 0.6 is 11.8 Å². The fourth-order valence-electron chi connectivity index (χ4n) is 3.42. The molecule has 3 rings (SSSR count). The van der Waals surface area contributed by atoms with Gasteiger partial charge in [0.05, 0.1) is 5.25 Å². The molecule has 1 aromatic carbocycles. The van der Waals surface area contributed by atoms with Crippen molar-refractivity contribution in [2.75, 3.05) is 12.4 Å². The van der Waals surface area contributed by atoms with Crippen LogP contribution in [0.25, 0.3) is 0 Å². The number of carbonyl (C=O) groups is 1. The Labute approximate surface area is 188 Å². The molecule has 1 aliphatic rings. The van der Waals surface area contributed by atoms with Crippen molar-refractivity contribution in [2.45, 2.75) is 75.8 Å². The van der Waals surface area contributed by atoms with Gasteiger partial charge in [0.15, 0.2) is 5.82 Å². The third kappa shape index (κ3) is 6.75. The van der Waals surface area contributed by atoms with Crippen molar-refractivity contribution in [3.8, 4) is 5.75 Å². The average Bonchev–Trinajstić information content (AvgIpc) is 3.12. The Balaban J connectivity index is 1.46. The van der Waals surface area contributed by atoms with Crippen molar-refractivity contribution in [1.29, 1.82) is 0 Å². The number of thioether (sulfide) groups is 1. The van der Waals surface area contributed by atoms with Crippen molar-refractivity contribution in [3.05, 3.63) is 47.3 Å². The molecule has 1 atom stereocenters. The number of aromatic nitrogens is 3. The minimum atomic E-state index is -0.316. The summed E-state index contributed by atoms with van der Waals surface area (Å²) in [5.74, 6) is 7.84. The molecule has 0 radical (unpaired) electrons. The van der Waals surface area contributed by atoms with E-state index < -0.39 is 0 Å². The van der Waals surface area contributed by atoms with Crippen molar-refractivity contribution >= 4 is 17.7 Å². The predicted molar refractivity (Wildman–Crippen MR) is 125 cm³/mol. The minimum Gasteiger partial charge on any atom is -0.486 e. The van der Waals surface area contributed by atoms with Gasteiger partial charge in [0.25, 0.3) is 0 Å². The number of nitrogen functional groups attached to an aromatic ring is 1. The molecule has 1 heterocycles. The number of hydrogen-bond donors (Lipinski definition) is 2. The van der Waals surface area contributed by atoms with E-state index in [9.17, 15) is 4.79 Å². The van der Waals surface area contributed by atoms with Gasteiger partial charge in [-0.15, -0.1) is 10.2 Å². The van der Waals surface area contributed by atoms with E-state index in [0.717, 1.165) is 25.0 Å². The first-order valence-corrected chi connectivity index (χ1v) is 11.9. The van der Waals surface area contributed by atoms with E-state index in [1.807, 2.05) is 19.1 Å². The lowest BCUT2D eigenvalue weighted by molar-refractivity contribution is -0.120. The summed E-state index contributed by atoms with van der Waals surface area (Å²) in [6.45, 7) is 7.03. The van der Waals surface area contributed by atoms with Crippen LogP contribution in [0.5, 0.6) is 5.75 Å². The van der Waals surface area contributed by atoms with Crippen LogP contribution in [0.4, 0.5) is 0 Å². The Morgan fingerprint density at radius 2 is 2.00 bits per heavy atom. The van der Waals surface area contributed by atoms with E-state index in [0.29, 0.717) is 23.4 Å². The zero-order valence-corrected chi connectivity index (χ0v) is 19.5. The highest BCUT2D eigenvalue weighted by molar-refractivity contribution is 8.00. The third-order valence-corrected chi connectivity index (χ3v) is 6.49. The minimum absolute atomic E-state index is 0.0209. The van der Waals surface area contributed by atoms with Gasteiger partial charge in [-0.1, -0.05) is 49.4 Å². The number of nitrogens with one attached hydrogen (secondary N) is 1. The largest absolute Gasteiger partial charge is 0.486 e. The highest BCUT2D eigenvalue weighted by atomic mass is 32.2. The summed E-state index contributed by atoms with van der Waals surface area (Å²) in [5.41, 5.74) is 2.72. The van der Waals surface area contributed by atoms with E-state index in [1.54, 1.807) is 0 Å². The molecule has 2 aromatic rings. The molecule has 0 saturated carbocycles. The second-order valence-corrected chi connectivity index (χ2v) is 9.50. The molecule has 0 aliphatic heterocycles. The first-order chi connectivity index (χ1) is 14.9. The number of allylic oxidation sites excluding steroid dienone is 1. The van der Waals surface area contributed by atoms with Crippen molar-refractivity contribution in [2.24, 2.45) is 0 Å². The molecule has 0 spiro atoms. The Morgan fingerprint density at radius 3 is 2.68 bits per heavy atom. The topological polar surface area (TPSA) is 95.1 Å². The monoisotopic (exact) mass is 443 g/mol. The number of ether oxygens (including phenoxy) is 1. The number of benzene rings is 1. The average molecular weight is 444 g/mol. The summed E-state index contributed by atoms with van der Waals surface area (Å²) in [5, 5.41) is 11.4. The van der Waals surface area contributed by atoms with Crippen LogP contribution in [0.1, 0.15) is 70.2 Å². The fourth-order valence-corrected chi connectivity index (χ4v) is 4.23. The van der Waals surface area contributed by atoms with Gasteiger partial charge in [-0.2, -0.15) is 0 Å². The van der Waals surface area contributed by atoms with Gasteiger partial charge in [-0.05, 0) is 62.6 Å². The summed E-state index contributed by atoms with van der Waals surface area (Å²) in [6, 6.07) is 8.00. The zero-order chi connectivity index (χ0) is 22.2. The number of hydrogen-bond acceptors (Lipinski definition) is 6. The van der Waals surface area contributed by atoms with Crippen LogP contribution in [0.15, 0.2) is 41.1 Å². The molecular weight excluding hydrogens is 410 g/mol. The summed E-state index contributed by atoms with van der Waals surface area (Å²) in [7, 11) is 0. The van der Waals surface area contributed by atoms with Crippen molar-refractivity contribution in [1.82, 2.24) is 20.2 Å². The van der Waals surface area contributed by atoms with Gasteiger partial charge in [-0.3, -0.25) is 4.79 Å². The van der Waals surface area contributed by atoms with Gasteiger partial charge >= 0.3 is 0 Å². The predicted octanol–water partition coefficient (Wildman–Crippen LogP) is 4.18. The Bertz CT molecular complexity index is 892. The molecule has 168 valence electrons. The second-order valence-electron chi connectivity index (χ2n) is 8.19. The zero-order valence-electron chi connectivity index (χ0n) is 18.6. The molecule has 0 fully saturated rings. The molecule has 1 unspecified atom stereocenters. The van der Waals surface area contributed by atoms with E-state index >= 15 is 0 Å². The lowest BCUT2D eigenvalue weighted by atomic mass is 9.97. The fraction of sp³-hybridized carbons (Fsp3) is 0.522. The van der Waals surface area contributed by atoms with Crippen LogP contribution in [-0.4, -0.2) is 32.6 Å². The smallest absolute Gasteiger partial charge is 0.233 e. The SMILES string of the molecule is CC(Sc1nnc(COc2ccc(C(C)C)cc2)n1N)C(=O)NCCC1=CCCCC1. The van der Waals surface area contributed by atoms with E-state index in [-0.39, 0.29) is 17.8 Å². The highest BCUT2D eigenvalue weighted by Gasteiger charge is 2.19. The normalized spacial score (nSPS) is 14.9. The lowest BCUT2D eigenvalue weighted by Gasteiger charge is -2.14. The molecule has 7 nitrogen and oxygen atoms in total. The standard InChI is InChI=1S/C23H33N5O2S/c1-16(2)19-9-11-20(12-10-19)30-15-21-26-27-23(28(21)24)31-17(3)22(29)25-14-13-18-7-5-4-6-8-18/h7,9-12,16-17H,4-6,8,13-15,24H2,1-3H3,(H,25,29). The maximum atomic E-state index is 12.4. The van der Waals surface area contributed by atoms with E-state index in [2.05, 4.69) is 47.6 Å². The van der Waals surface area contributed by atoms with E-state index in [1.165, 1.54) is 40.4 Å². The molecule has 1 amide bonds. The lowest BCUT2D eigenvalue weighted by Crippen LogP contribution is -2.32. The Kier molecular flexibility index (Phi) is 8.40. The molecular formula is C23H33N5O2S. The van der Waals surface area contributed by atoms with E-state index in [4.69, 9.17) is 10.6 Å². The van der Waals surface area contributed by atoms with Crippen molar-refractivity contribution in [3.63, 3.8) is 0 Å². The van der Waals surface area contributed by atoms with Crippen LogP contribution in [0, 0.1) is 0 Å². The quantitative estimate of drug-likeness (QED) is 0.325. The first-order valence-electron chi connectivity index (χ1n) is 11.0. The first kappa shape index (κ1) is 23.2. The number of nitrogens with two attached hydrogens (primary N) is 1. The summed E-state index contributed by atoms with van der Waals surface area (Å²) in [6.07, 6.45) is 8.09. The Hall–Kier alpha value is -2.48. The Morgan fingerprint density at radius 1 is 1.23 bits per heavy atom. The molecule has 31 heavy (non-hydrogen) atoms. The number of rotatable bonds is 10. The molecule has 1 aliphatic carbocycles. The summed E-state index contributed by atoms with van der Waals surface area (Å²) < 4.78 is 7.18. The van der Waals surface area contributed by atoms with Gasteiger partial charge in [0, 0.05) is 6.54 Å². The van der Waals surface area contributed by atoms with Crippen LogP contribution < -0.4 is 15.9 Å². The van der Waals surface area contributed by atoms with Gasteiger partial charge in [0.1, 0.15) is 12.4 Å². The van der Waals surface area contributed by atoms with Gasteiger partial charge < -0.3 is 15.9 Å². The van der Waals surface area contributed by atoms with Gasteiger partial charge in [0.2, 0.25) is 11.1 Å². The summed E-state index contributed by atoms with van der Waals surface area (Å²) >= 11 is 1.29. The molecule has 0 bridgehead atoms. The molecule has 8 heteroatoms. The van der Waals surface area contributed by atoms with Crippen molar-refractivity contribution < 1.29 is 9.53 Å². The van der Waals surface area contributed by atoms with Crippen LogP contribution in [-0.2, 0) is 11.4 Å². The molecule has 0 saturated heterocycles. The van der Waals surface area contributed by atoms with Gasteiger partial charge in [-0.25, -0.2) is 4.68 Å². The highest BCUT2D eigenvalue weighted by Crippen LogP contribution is 2.23. The third-order valence-electron chi connectivity index (χ3n) is 5.43. The van der Waals surface area contributed by atoms with Crippen LogP contribution in [0.3, 0.4) is 0 Å². The molecule has 3 N–H and O–H groups in total. The van der Waals surface area contributed by atoms with Crippen LogP contribution in [0.2, 0.25) is 0 Å². The maximum absolute atomic E-state index is 12.4. The maximum Gasteiger partial charge on any atom is 0.233 e. The number of nitrogens with zero attached hydrogens (tertiary/aromatic N) is 3. The second kappa shape index (κ2) is 11.2. The number of carbonyl (C=O) groups excluding carboxylic acids is 1.